The average Bonchev–Trinajstić information content (AvgIpc) is 2.46. The fraction of sp³-hybridized carbons (Fsp3) is 0.250. The number of hydrogen-bond acceptors (Lipinski definition) is 4. The number of hydrogen-bond donors (Lipinski definition) is 1. The molecule has 0 radical (unpaired) electrons. The predicted molar refractivity (Wildman–Crippen MR) is 72.1 cm³/mol. The van der Waals surface area contributed by atoms with E-state index < -0.39 is 23.5 Å². The molecule has 21 heavy (non-hydrogen) atoms. The highest BCUT2D eigenvalue weighted by Gasteiger charge is 2.41. The highest BCUT2D eigenvalue weighted by molar-refractivity contribution is 6.37. The molecule has 0 saturated heterocycles. The number of fused-ring (bicyclic) bond motifs is 1. The zero-order chi connectivity index (χ0) is 15.1. The minimum Gasteiger partial charge on any atom is -0.481 e. The first kappa shape index (κ1) is 13.4. The van der Waals surface area contributed by atoms with Crippen LogP contribution in [-0.2, 0) is 9.59 Å². The number of carboxylic acid groups (broad SMARTS) is 1. The van der Waals surface area contributed by atoms with E-state index in [2.05, 4.69) is 0 Å². The molecule has 0 heterocycles. The molecule has 5 heteroatoms. The fourth-order valence-corrected chi connectivity index (χ4v) is 2.99. The van der Waals surface area contributed by atoms with Gasteiger partial charge in [0.15, 0.2) is 17.3 Å². The second kappa shape index (κ2) is 4.77. The Morgan fingerprint density at radius 1 is 1.10 bits per heavy atom. The van der Waals surface area contributed by atoms with E-state index in [1.165, 1.54) is 6.07 Å². The van der Waals surface area contributed by atoms with Gasteiger partial charge >= 0.3 is 5.97 Å². The van der Waals surface area contributed by atoms with Crippen molar-refractivity contribution in [2.75, 3.05) is 0 Å². The quantitative estimate of drug-likeness (QED) is 0.837. The zero-order valence-electron chi connectivity index (χ0n) is 11.1. The number of Topliss-reactive ketones (excluding diaryl/α,β-unsaturated/α-hetero) is 3. The summed E-state index contributed by atoms with van der Waals surface area (Å²) < 4.78 is 0. The molecule has 0 fully saturated rings. The van der Waals surface area contributed by atoms with Crippen molar-refractivity contribution in [2.24, 2.45) is 5.92 Å². The van der Waals surface area contributed by atoms with Crippen LogP contribution in [0.2, 0.25) is 0 Å². The van der Waals surface area contributed by atoms with E-state index in [0.717, 1.165) is 0 Å². The number of rotatable bonds is 2. The van der Waals surface area contributed by atoms with Gasteiger partial charge in [0.1, 0.15) is 0 Å². The normalized spacial score (nSPS) is 21.1. The number of benzene rings is 1. The molecule has 0 aromatic heterocycles. The van der Waals surface area contributed by atoms with E-state index in [1.54, 1.807) is 18.2 Å². The molecule has 3 rings (SSSR count). The van der Waals surface area contributed by atoms with Crippen molar-refractivity contribution < 1.29 is 24.3 Å². The van der Waals surface area contributed by atoms with E-state index in [9.17, 15) is 19.2 Å². The summed E-state index contributed by atoms with van der Waals surface area (Å²) in [6.07, 6.45) is 0.266. The molecule has 0 amide bonds. The van der Waals surface area contributed by atoms with Gasteiger partial charge in [-0.25, -0.2) is 0 Å². The van der Waals surface area contributed by atoms with Crippen LogP contribution in [0.1, 0.15) is 40.0 Å². The largest absolute Gasteiger partial charge is 0.481 e. The van der Waals surface area contributed by atoms with E-state index in [-0.39, 0.29) is 35.3 Å². The van der Waals surface area contributed by atoms with Crippen LogP contribution < -0.4 is 0 Å². The van der Waals surface area contributed by atoms with Crippen LogP contribution in [0.25, 0.3) is 0 Å². The third kappa shape index (κ3) is 2.01. The van der Waals surface area contributed by atoms with Gasteiger partial charge in [-0.15, -0.1) is 0 Å². The lowest BCUT2D eigenvalue weighted by Gasteiger charge is -2.27. The van der Waals surface area contributed by atoms with E-state index in [4.69, 9.17) is 5.11 Å². The molecule has 2 aliphatic carbocycles. The van der Waals surface area contributed by atoms with Crippen LogP contribution in [0, 0.1) is 5.92 Å². The lowest BCUT2D eigenvalue weighted by atomic mass is 9.72. The Bertz CT molecular complexity index is 726. The van der Waals surface area contributed by atoms with Gasteiger partial charge in [-0.05, 0) is 12.8 Å². The maximum atomic E-state index is 12.5. The van der Waals surface area contributed by atoms with Crippen molar-refractivity contribution in [3.05, 3.63) is 46.5 Å². The predicted octanol–water partition coefficient (Wildman–Crippen LogP) is 1.82. The fourth-order valence-electron chi connectivity index (χ4n) is 2.99. The van der Waals surface area contributed by atoms with Gasteiger partial charge in [0.2, 0.25) is 0 Å². The van der Waals surface area contributed by atoms with E-state index in [0.29, 0.717) is 12.0 Å². The number of aliphatic carboxylic acids is 1. The molecule has 1 atom stereocenters. The molecule has 1 unspecified atom stereocenters. The van der Waals surface area contributed by atoms with Crippen LogP contribution in [0.5, 0.6) is 0 Å². The lowest BCUT2D eigenvalue weighted by molar-refractivity contribution is -0.140. The molecule has 0 aliphatic heterocycles. The Balaban J connectivity index is 2.07. The van der Waals surface area contributed by atoms with Crippen LogP contribution in [0.15, 0.2) is 35.4 Å². The first-order valence-corrected chi connectivity index (χ1v) is 6.68. The average molecular weight is 284 g/mol. The highest BCUT2D eigenvalue weighted by atomic mass is 16.4. The monoisotopic (exact) mass is 284 g/mol. The minimum atomic E-state index is -1.08. The van der Waals surface area contributed by atoms with Crippen molar-refractivity contribution in [1.82, 2.24) is 0 Å². The number of allylic oxidation sites excluding steroid dienone is 2. The molecule has 1 aromatic carbocycles. The third-order valence-electron chi connectivity index (χ3n) is 4.00. The van der Waals surface area contributed by atoms with Crippen LogP contribution in [0.4, 0.5) is 0 Å². The second-order valence-corrected chi connectivity index (χ2v) is 5.26. The summed E-state index contributed by atoms with van der Waals surface area (Å²) in [5.41, 5.74) is 0.692. The van der Waals surface area contributed by atoms with Gasteiger partial charge in [0, 0.05) is 22.6 Å². The Kier molecular flexibility index (Phi) is 3.05. The summed E-state index contributed by atoms with van der Waals surface area (Å²) in [5, 5.41) is 8.84. The van der Waals surface area contributed by atoms with Crippen molar-refractivity contribution >= 4 is 23.3 Å². The SMILES string of the molecule is O=C(O)CC1CCC2=C(C(=O)c3ccccc3C2=O)C1=O. The van der Waals surface area contributed by atoms with Gasteiger partial charge in [0.25, 0.3) is 0 Å². The van der Waals surface area contributed by atoms with Crippen molar-refractivity contribution in [2.45, 2.75) is 19.3 Å². The van der Waals surface area contributed by atoms with Gasteiger partial charge in [0.05, 0.1) is 12.0 Å². The first-order valence-electron chi connectivity index (χ1n) is 6.68. The van der Waals surface area contributed by atoms with Gasteiger partial charge in [-0.3, -0.25) is 19.2 Å². The van der Waals surface area contributed by atoms with Crippen molar-refractivity contribution in [1.29, 1.82) is 0 Å². The van der Waals surface area contributed by atoms with Gasteiger partial charge in [-0.1, -0.05) is 24.3 Å². The summed E-state index contributed by atoms with van der Waals surface area (Å²) >= 11 is 0. The summed E-state index contributed by atoms with van der Waals surface area (Å²) in [4.78, 5) is 48.0. The molecule has 0 saturated carbocycles. The van der Waals surface area contributed by atoms with Gasteiger partial charge in [-0.2, -0.15) is 0 Å². The summed E-state index contributed by atoms with van der Waals surface area (Å²) in [5.74, 6) is -3.05. The number of ketones is 3. The molecule has 0 spiro atoms. The molecule has 1 aromatic rings. The molecule has 1 N–H and O–H groups in total. The highest BCUT2D eigenvalue weighted by Crippen LogP contribution is 2.36. The van der Waals surface area contributed by atoms with Crippen LogP contribution in [-0.4, -0.2) is 28.4 Å². The maximum Gasteiger partial charge on any atom is 0.304 e. The topological polar surface area (TPSA) is 88.5 Å². The summed E-state index contributed by atoms with van der Waals surface area (Å²) in [7, 11) is 0. The molecule has 2 aliphatic rings. The Hall–Kier alpha value is -2.56. The number of carboxylic acids is 1. The third-order valence-corrected chi connectivity index (χ3v) is 4.00. The van der Waals surface area contributed by atoms with Crippen LogP contribution in [0.3, 0.4) is 0 Å². The maximum absolute atomic E-state index is 12.5. The first-order chi connectivity index (χ1) is 10.0. The van der Waals surface area contributed by atoms with Crippen molar-refractivity contribution in [3.8, 4) is 0 Å². The van der Waals surface area contributed by atoms with E-state index >= 15 is 0 Å². The Morgan fingerprint density at radius 3 is 2.33 bits per heavy atom. The second-order valence-electron chi connectivity index (χ2n) is 5.26. The van der Waals surface area contributed by atoms with Gasteiger partial charge < -0.3 is 5.11 Å². The summed E-state index contributed by atoms with van der Waals surface area (Å²) in [6, 6.07) is 6.41. The molecule has 0 bridgehead atoms. The molecule has 106 valence electrons. The zero-order valence-corrected chi connectivity index (χ0v) is 11.1. The summed E-state index contributed by atoms with van der Waals surface area (Å²) in [6.45, 7) is 0. The Labute approximate surface area is 120 Å². The standard InChI is InChI=1S/C16H12O5/c17-12(18)7-8-5-6-11-13(14(8)19)16(21)10-4-2-1-3-9(10)15(11)20/h1-4,8H,5-7H2,(H,17,18). The number of carbonyl (C=O) groups excluding carboxylic acids is 3. The van der Waals surface area contributed by atoms with Crippen LogP contribution >= 0.6 is 0 Å². The molecular weight excluding hydrogens is 272 g/mol. The molecular formula is C16H12O5. The van der Waals surface area contributed by atoms with Crippen molar-refractivity contribution in [3.63, 3.8) is 0 Å². The van der Waals surface area contributed by atoms with E-state index in [1.807, 2.05) is 0 Å². The smallest absolute Gasteiger partial charge is 0.304 e. The minimum absolute atomic E-state index is 0.101. The number of carbonyl (C=O) groups is 4. The molecule has 5 nitrogen and oxygen atoms in total. The Morgan fingerprint density at radius 2 is 1.71 bits per heavy atom. The lowest BCUT2D eigenvalue weighted by Crippen LogP contribution is -2.34.